The molecule has 4 atom stereocenters. The highest BCUT2D eigenvalue weighted by molar-refractivity contribution is 5.10. The lowest BCUT2D eigenvalue weighted by Gasteiger charge is -2.55. The molecule has 3 aliphatic carbocycles. The SMILES string of the molecule is CCOC1CC(NCC2(O)CCCC(C)C2)C12CCCC2. The molecule has 0 saturated heterocycles. The summed E-state index contributed by atoms with van der Waals surface area (Å²) in [6.45, 7) is 6.00. The van der Waals surface area contributed by atoms with E-state index in [0.717, 1.165) is 32.4 Å². The van der Waals surface area contributed by atoms with Gasteiger partial charge in [0, 0.05) is 24.6 Å². The molecule has 4 unspecified atom stereocenters. The van der Waals surface area contributed by atoms with E-state index >= 15 is 0 Å². The molecule has 0 bridgehead atoms. The highest BCUT2D eigenvalue weighted by Crippen LogP contribution is 2.54. The molecule has 3 heteroatoms. The van der Waals surface area contributed by atoms with Crippen molar-refractivity contribution in [1.29, 1.82) is 0 Å². The summed E-state index contributed by atoms with van der Waals surface area (Å²) in [4.78, 5) is 0. The Morgan fingerprint density at radius 2 is 1.95 bits per heavy atom. The number of aliphatic hydroxyl groups is 1. The van der Waals surface area contributed by atoms with Gasteiger partial charge in [0.25, 0.3) is 0 Å². The van der Waals surface area contributed by atoms with Crippen molar-refractivity contribution in [2.45, 2.75) is 89.4 Å². The lowest BCUT2D eigenvalue weighted by molar-refractivity contribution is -0.135. The molecule has 0 amide bonds. The normalized spacial score (nSPS) is 42.1. The summed E-state index contributed by atoms with van der Waals surface area (Å²) in [5.74, 6) is 0.670. The monoisotopic (exact) mass is 295 g/mol. The topological polar surface area (TPSA) is 41.5 Å². The summed E-state index contributed by atoms with van der Waals surface area (Å²) in [6, 6.07) is 0.567. The average molecular weight is 295 g/mol. The molecule has 3 nitrogen and oxygen atoms in total. The molecule has 0 heterocycles. The van der Waals surface area contributed by atoms with Crippen molar-refractivity contribution < 1.29 is 9.84 Å². The zero-order valence-electron chi connectivity index (χ0n) is 13.9. The Balaban J connectivity index is 1.55. The second kappa shape index (κ2) is 6.17. The van der Waals surface area contributed by atoms with Crippen LogP contribution in [-0.2, 0) is 4.74 Å². The summed E-state index contributed by atoms with van der Waals surface area (Å²) in [7, 11) is 0. The summed E-state index contributed by atoms with van der Waals surface area (Å²) in [6.07, 6.45) is 11.3. The number of hydrogen-bond acceptors (Lipinski definition) is 3. The number of rotatable bonds is 5. The van der Waals surface area contributed by atoms with Crippen LogP contribution in [0.1, 0.15) is 71.6 Å². The fraction of sp³-hybridized carbons (Fsp3) is 1.00. The van der Waals surface area contributed by atoms with Crippen molar-refractivity contribution in [2.75, 3.05) is 13.2 Å². The molecule has 2 N–H and O–H groups in total. The fourth-order valence-electron chi connectivity index (χ4n) is 5.28. The molecule has 3 fully saturated rings. The lowest BCUT2D eigenvalue weighted by atomic mass is 9.60. The predicted octanol–water partition coefficient (Wildman–Crippen LogP) is 3.26. The van der Waals surface area contributed by atoms with E-state index < -0.39 is 5.60 Å². The van der Waals surface area contributed by atoms with Gasteiger partial charge < -0.3 is 15.2 Å². The second-order valence-corrected chi connectivity index (χ2v) is 7.98. The van der Waals surface area contributed by atoms with Gasteiger partial charge in [-0.25, -0.2) is 0 Å². The molecule has 3 saturated carbocycles. The first-order valence-electron chi connectivity index (χ1n) is 9.15. The second-order valence-electron chi connectivity index (χ2n) is 7.98. The molecule has 0 aromatic heterocycles. The summed E-state index contributed by atoms with van der Waals surface area (Å²) < 4.78 is 5.98. The number of hydrogen-bond donors (Lipinski definition) is 2. The van der Waals surface area contributed by atoms with Crippen molar-refractivity contribution in [3.8, 4) is 0 Å². The van der Waals surface area contributed by atoms with Crippen LogP contribution in [0.5, 0.6) is 0 Å². The lowest BCUT2D eigenvalue weighted by Crippen LogP contribution is -2.64. The first kappa shape index (κ1) is 15.8. The van der Waals surface area contributed by atoms with E-state index in [9.17, 15) is 5.11 Å². The molecule has 0 aliphatic heterocycles. The van der Waals surface area contributed by atoms with Gasteiger partial charge in [0.1, 0.15) is 0 Å². The zero-order chi connectivity index (χ0) is 14.9. The Morgan fingerprint density at radius 1 is 1.19 bits per heavy atom. The highest BCUT2D eigenvalue weighted by atomic mass is 16.5. The van der Waals surface area contributed by atoms with Crippen molar-refractivity contribution in [2.24, 2.45) is 11.3 Å². The summed E-state index contributed by atoms with van der Waals surface area (Å²) in [5, 5.41) is 14.6. The number of nitrogens with one attached hydrogen (secondary N) is 1. The van der Waals surface area contributed by atoms with Crippen LogP contribution in [0.3, 0.4) is 0 Å². The van der Waals surface area contributed by atoms with Gasteiger partial charge in [0.05, 0.1) is 11.7 Å². The molecule has 3 rings (SSSR count). The van der Waals surface area contributed by atoms with E-state index in [0.29, 0.717) is 23.5 Å². The molecular formula is C18H33NO2. The first-order chi connectivity index (χ1) is 10.1. The van der Waals surface area contributed by atoms with Crippen molar-refractivity contribution >= 4 is 0 Å². The summed E-state index contributed by atoms with van der Waals surface area (Å²) in [5.41, 5.74) is -0.0825. The highest BCUT2D eigenvalue weighted by Gasteiger charge is 2.56. The van der Waals surface area contributed by atoms with Crippen molar-refractivity contribution in [3.63, 3.8) is 0 Å². The van der Waals surface area contributed by atoms with E-state index in [4.69, 9.17) is 4.74 Å². The molecule has 0 aromatic carbocycles. The quantitative estimate of drug-likeness (QED) is 0.818. The predicted molar refractivity (Wildman–Crippen MR) is 85.3 cm³/mol. The van der Waals surface area contributed by atoms with Gasteiger partial charge in [-0.1, -0.05) is 32.6 Å². The van der Waals surface area contributed by atoms with E-state index in [1.165, 1.54) is 38.5 Å². The van der Waals surface area contributed by atoms with Gasteiger partial charge in [-0.05, 0) is 44.9 Å². The third-order valence-electron chi connectivity index (χ3n) is 6.43. The standard InChI is InChI=1S/C18H33NO2/c1-3-21-16-11-15(18(16)9-4-5-10-18)19-13-17(20)8-6-7-14(2)12-17/h14-16,19-20H,3-13H2,1-2H3. The van der Waals surface area contributed by atoms with Crippen molar-refractivity contribution in [3.05, 3.63) is 0 Å². The van der Waals surface area contributed by atoms with E-state index in [1.807, 2.05) is 0 Å². The van der Waals surface area contributed by atoms with E-state index in [-0.39, 0.29) is 0 Å². The third-order valence-corrected chi connectivity index (χ3v) is 6.43. The minimum atomic E-state index is -0.464. The maximum Gasteiger partial charge on any atom is 0.0774 e. The summed E-state index contributed by atoms with van der Waals surface area (Å²) >= 11 is 0. The molecule has 21 heavy (non-hydrogen) atoms. The average Bonchev–Trinajstić information content (AvgIpc) is 2.94. The molecule has 0 aromatic rings. The largest absolute Gasteiger partial charge is 0.389 e. The van der Waals surface area contributed by atoms with Crippen molar-refractivity contribution in [1.82, 2.24) is 5.32 Å². The van der Waals surface area contributed by atoms with Gasteiger partial charge in [-0.2, -0.15) is 0 Å². The Hall–Kier alpha value is -0.120. The minimum Gasteiger partial charge on any atom is -0.389 e. The van der Waals surface area contributed by atoms with E-state index in [1.54, 1.807) is 0 Å². The van der Waals surface area contributed by atoms with Crippen LogP contribution in [-0.4, -0.2) is 36.0 Å². The van der Waals surface area contributed by atoms with Gasteiger partial charge in [-0.15, -0.1) is 0 Å². The molecular weight excluding hydrogens is 262 g/mol. The van der Waals surface area contributed by atoms with Gasteiger partial charge in [-0.3, -0.25) is 0 Å². The maximum atomic E-state index is 10.8. The van der Waals surface area contributed by atoms with Crippen LogP contribution >= 0.6 is 0 Å². The minimum absolute atomic E-state index is 0.382. The van der Waals surface area contributed by atoms with Crippen LogP contribution in [0.25, 0.3) is 0 Å². The van der Waals surface area contributed by atoms with E-state index in [2.05, 4.69) is 19.2 Å². The van der Waals surface area contributed by atoms with Crippen LogP contribution < -0.4 is 5.32 Å². The molecule has 3 aliphatic rings. The third kappa shape index (κ3) is 3.02. The molecule has 1 spiro atoms. The van der Waals surface area contributed by atoms with Crippen LogP contribution in [0, 0.1) is 11.3 Å². The first-order valence-corrected chi connectivity index (χ1v) is 9.15. The fourth-order valence-corrected chi connectivity index (χ4v) is 5.28. The Labute approximate surface area is 129 Å². The van der Waals surface area contributed by atoms with Gasteiger partial charge in [0.2, 0.25) is 0 Å². The maximum absolute atomic E-state index is 10.8. The number of ether oxygens (including phenoxy) is 1. The Bertz CT molecular complexity index is 353. The van der Waals surface area contributed by atoms with Gasteiger partial charge >= 0.3 is 0 Å². The smallest absolute Gasteiger partial charge is 0.0774 e. The Kier molecular flexibility index (Phi) is 4.63. The van der Waals surface area contributed by atoms with Crippen LogP contribution in [0.2, 0.25) is 0 Å². The van der Waals surface area contributed by atoms with Crippen LogP contribution in [0.15, 0.2) is 0 Å². The zero-order valence-corrected chi connectivity index (χ0v) is 13.9. The molecule has 0 radical (unpaired) electrons. The van der Waals surface area contributed by atoms with Gasteiger partial charge in [0.15, 0.2) is 0 Å². The Morgan fingerprint density at radius 3 is 2.62 bits per heavy atom. The van der Waals surface area contributed by atoms with Crippen LogP contribution in [0.4, 0.5) is 0 Å². The molecule has 122 valence electrons.